The Labute approximate surface area is 146 Å². The minimum absolute atomic E-state index is 0.444. The highest BCUT2D eigenvalue weighted by Gasteiger charge is 2.15. The first-order valence-electron chi connectivity index (χ1n) is 7.89. The molecule has 0 saturated heterocycles. The van der Waals surface area contributed by atoms with E-state index in [1.54, 1.807) is 22.9 Å². The second kappa shape index (κ2) is 7.49. The van der Waals surface area contributed by atoms with Crippen molar-refractivity contribution in [1.29, 1.82) is 0 Å². The summed E-state index contributed by atoms with van der Waals surface area (Å²) in [5.41, 5.74) is 2.79. The Balaban J connectivity index is 1.94. The molecule has 0 amide bonds. The van der Waals surface area contributed by atoms with Crippen LogP contribution in [0.15, 0.2) is 84.5 Å². The molecule has 3 aromatic rings. The second-order valence-electron chi connectivity index (χ2n) is 5.70. The van der Waals surface area contributed by atoms with Crippen molar-refractivity contribution in [3.8, 4) is 0 Å². The highest BCUT2D eigenvalue weighted by atomic mass is 16.7. The zero-order chi connectivity index (χ0) is 17.6. The Morgan fingerprint density at radius 2 is 1.36 bits per heavy atom. The van der Waals surface area contributed by atoms with Gasteiger partial charge in [0.2, 0.25) is 0 Å². The number of oxime groups is 1. The topological polar surface area (TPSA) is 46.4 Å². The van der Waals surface area contributed by atoms with Gasteiger partial charge in [0.1, 0.15) is 25.4 Å². The van der Waals surface area contributed by atoms with Crippen LogP contribution in [-0.2, 0) is 18.9 Å². The molecule has 0 aliphatic carbocycles. The van der Waals surface area contributed by atoms with Crippen molar-refractivity contribution in [2.45, 2.75) is 0 Å². The summed E-state index contributed by atoms with van der Waals surface area (Å²) in [7, 11) is 3.78. The van der Waals surface area contributed by atoms with Crippen LogP contribution in [0.2, 0.25) is 0 Å². The minimum atomic E-state index is -0.495. The predicted octanol–water partition coefficient (Wildman–Crippen LogP) is 1.95. The van der Waals surface area contributed by atoms with Gasteiger partial charge in [-0.2, -0.15) is 0 Å². The Hall–Kier alpha value is -3.34. The molecule has 0 aliphatic rings. The average molecular weight is 333 g/mol. The average Bonchev–Trinajstić information content (AvgIpc) is 2.63. The third-order valence-corrected chi connectivity index (χ3v) is 3.66. The monoisotopic (exact) mass is 333 g/mol. The Morgan fingerprint density at radius 1 is 0.800 bits per heavy atom. The van der Waals surface area contributed by atoms with E-state index in [-0.39, 0.29) is 0 Å². The van der Waals surface area contributed by atoms with Gasteiger partial charge in [-0.1, -0.05) is 35.5 Å². The number of carbonyl (C=O) groups is 1. The van der Waals surface area contributed by atoms with Crippen LogP contribution in [-0.4, -0.2) is 11.7 Å². The number of benzene rings is 1. The van der Waals surface area contributed by atoms with Gasteiger partial charge < -0.3 is 4.84 Å². The Kier molecular flexibility index (Phi) is 4.95. The number of hydrogen-bond donors (Lipinski definition) is 0. The van der Waals surface area contributed by atoms with E-state index in [1.807, 2.05) is 79.7 Å². The molecular formula is C20H19N3O2+2. The highest BCUT2D eigenvalue weighted by molar-refractivity contribution is 6.12. The summed E-state index contributed by atoms with van der Waals surface area (Å²) < 4.78 is 3.71. The highest BCUT2D eigenvalue weighted by Crippen LogP contribution is 2.10. The standard InChI is InChI=1S/C20H19N3O2/c1-22-12-6-10-17(14-22)19(16-8-4-3-5-9-16)21-25-20(24)18-11-7-13-23(2)15-18/h3-15H,1-2H3/q+2/b21-19-. The van der Waals surface area contributed by atoms with Crippen LogP contribution in [0.25, 0.3) is 0 Å². The van der Waals surface area contributed by atoms with E-state index in [0.717, 1.165) is 11.1 Å². The molecule has 2 heterocycles. The van der Waals surface area contributed by atoms with Gasteiger partial charge in [-0.05, 0) is 12.1 Å². The summed E-state index contributed by atoms with van der Waals surface area (Å²) in [6.07, 6.45) is 7.41. The molecule has 0 aliphatic heterocycles. The fourth-order valence-corrected chi connectivity index (χ4v) is 2.44. The molecule has 5 heteroatoms. The number of aromatic nitrogens is 2. The Morgan fingerprint density at radius 3 is 2.00 bits per heavy atom. The van der Waals surface area contributed by atoms with Gasteiger partial charge in [0.15, 0.2) is 24.8 Å². The molecule has 0 bridgehead atoms. The maximum Gasteiger partial charge on any atom is 0.371 e. The SMILES string of the molecule is C[n+]1cccc(C(=O)O/N=C(/c2ccccc2)c2ccc[n+](C)c2)c1. The number of carbonyl (C=O) groups excluding carboxylic acids is 1. The molecule has 0 atom stereocenters. The summed E-state index contributed by atoms with van der Waals surface area (Å²) >= 11 is 0. The maximum atomic E-state index is 12.3. The predicted molar refractivity (Wildman–Crippen MR) is 92.7 cm³/mol. The van der Waals surface area contributed by atoms with Gasteiger partial charge in [0.05, 0.1) is 5.56 Å². The van der Waals surface area contributed by atoms with Crippen LogP contribution in [0.4, 0.5) is 0 Å². The van der Waals surface area contributed by atoms with Gasteiger partial charge in [0, 0.05) is 17.7 Å². The lowest BCUT2D eigenvalue weighted by atomic mass is 10.0. The lowest BCUT2D eigenvalue weighted by molar-refractivity contribution is -0.671. The normalized spacial score (nSPS) is 11.2. The molecule has 25 heavy (non-hydrogen) atoms. The van der Waals surface area contributed by atoms with Crippen LogP contribution >= 0.6 is 0 Å². The van der Waals surface area contributed by atoms with Crippen molar-refractivity contribution in [2.75, 3.05) is 0 Å². The Bertz CT molecular complexity index is 921. The van der Waals surface area contributed by atoms with Crippen molar-refractivity contribution in [3.63, 3.8) is 0 Å². The first-order valence-corrected chi connectivity index (χ1v) is 7.89. The van der Waals surface area contributed by atoms with Crippen molar-refractivity contribution < 1.29 is 18.8 Å². The van der Waals surface area contributed by atoms with Gasteiger partial charge in [-0.15, -0.1) is 0 Å². The fraction of sp³-hybridized carbons (Fsp3) is 0.100. The van der Waals surface area contributed by atoms with Crippen LogP contribution < -0.4 is 9.13 Å². The van der Waals surface area contributed by atoms with Crippen LogP contribution in [0.5, 0.6) is 0 Å². The van der Waals surface area contributed by atoms with Gasteiger partial charge in [-0.3, -0.25) is 0 Å². The maximum absolute atomic E-state index is 12.3. The fourth-order valence-electron chi connectivity index (χ4n) is 2.44. The molecule has 0 unspecified atom stereocenters. The summed E-state index contributed by atoms with van der Waals surface area (Å²) in [6, 6.07) is 17.0. The van der Waals surface area contributed by atoms with Crippen molar-refractivity contribution >= 4 is 11.7 Å². The van der Waals surface area contributed by atoms with Crippen LogP contribution in [0.3, 0.4) is 0 Å². The number of rotatable bonds is 4. The van der Waals surface area contributed by atoms with Crippen molar-refractivity contribution in [1.82, 2.24) is 0 Å². The third kappa shape index (κ3) is 4.14. The zero-order valence-corrected chi connectivity index (χ0v) is 14.2. The molecule has 0 saturated carbocycles. The summed E-state index contributed by atoms with van der Waals surface area (Å²) in [5, 5.41) is 4.16. The number of pyridine rings is 2. The van der Waals surface area contributed by atoms with E-state index < -0.39 is 5.97 Å². The molecule has 0 N–H and O–H groups in total. The van der Waals surface area contributed by atoms with Gasteiger partial charge in [-0.25, -0.2) is 13.9 Å². The van der Waals surface area contributed by atoms with E-state index >= 15 is 0 Å². The molecule has 0 fully saturated rings. The van der Waals surface area contributed by atoms with Crippen LogP contribution in [0, 0.1) is 0 Å². The van der Waals surface area contributed by atoms with E-state index in [1.165, 1.54) is 0 Å². The van der Waals surface area contributed by atoms with E-state index in [2.05, 4.69) is 5.16 Å². The third-order valence-electron chi connectivity index (χ3n) is 3.66. The first kappa shape index (κ1) is 16.5. The molecule has 1 aromatic carbocycles. The lowest BCUT2D eigenvalue weighted by Crippen LogP contribution is -2.28. The molecule has 5 nitrogen and oxygen atoms in total. The number of nitrogens with zero attached hydrogens (tertiary/aromatic N) is 3. The zero-order valence-electron chi connectivity index (χ0n) is 14.2. The molecule has 124 valence electrons. The molecular weight excluding hydrogens is 314 g/mol. The second-order valence-corrected chi connectivity index (χ2v) is 5.70. The molecule has 3 rings (SSSR count). The van der Waals surface area contributed by atoms with Gasteiger partial charge in [0.25, 0.3) is 0 Å². The molecule has 0 spiro atoms. The van der Waals surface area contributed by atoms with Crippen molar-refractivity contribution in [2.24, 2.45) is 19.3 Å². The van der Waals surface area contributed by atoms with Crippen LogP contribution in [0.1, 0.15) is 21.5 Å². The lowest BCUT2D eigenvalue weighted by Gasteiger charge is -2.05. The van der Waals surface area contributed by atoms with Gasteiger partial charge >= 0.3 is 5.97 Å². The first-order chi connectivity index (χ1) is 12.1. The summed E-state index contributed by atoms with van der Waals surface area (Å²) in [6.45, 7) is 0. The smallest absolute Gasteiger partial charge is 0.312 e. The van der Waals surface area contributed by atoms with E-state index in [4.69, 9.17) is 4.84 Å². The number of hydrogen-bond acceptors (Lipinski definition) is 3. The summed E-state index contributed by atoms with van der Waals surface area (Å²) in [5.74, 6) is -0.495. The largest absolute Gasteiger partial charge is 0.371 e. The van der Waals surface area contributed by atoms with E-state index in [0.29, 0.717) is 11.3 Å². The van der Waals surface area contributed by atoms with E-state index in [9.17, 15) is 4.79 Å². The quantitative estimate of drug-likeness (QED) is 0.317. The molecule has 2 aromatic heterocycles. The number of aryl methyl sites for hydroxylation is 2. The minimum Gasteiger partial charge on any atom is -0.312 e. The van der Waals surface area contributed by atoms with Crippen molar-refractivity contribution in [3.05, 3.63) is 96.1 Å². The summed E-state index contributed by atoms with van der Waals surface area (Å²) in [4.78, 5) is 17.5. The molecule has 0 radical (unpaired) electrons.